The van der Waals surface area contributed by atoms with Crippen molar-refractivity contribution in [3.63, 3.8) is 0 Å². The average Bonchev–Trinajstić information content (AvgIpc) is 3.30. The van der Waals surface area contributed by atoms with Crippen LogP contribution in [0.3, 0.4) is 0 Å². The van der Waals surface area contributed by atoms with E-state index >= 15 is 0 Å². The van der Waals surface area contributed by atoms with Crippen LogP contribution in [0.2, 0.25) is 0 Å². The molecule has 180 valence electrons. The van der Waals surface area contributed by atoms with Crippen LogP contribution in [-0.2, 0) is 27.7 Å². The lowest BCUT2D eigenvalue weighted by Gasteiger charge is -2.18. The first-order valence-electron chi connectivity index (χ1n) is 11.1. The molecular formula is C25H27NO6S2. The number of esters is 1. The summed E-state index contributed by atoms with van der Waals surface area (Å²) in [6.45, 7) is 3.59. The van der Waals surface area contributed by atoms with Crippen LogP contribution in [-0.4, -0.2) is 32.4 Å². The molecule has 34 heavy (non-hydrogen) atoms. The quantitative estimate of drug-likeness (QED) is 0.284. The molecule has 1 aliphatic carbocycles. The summed E-state index contributed by atoms with van der Waals surface area (Å²) in [5, 5.41) is 0.850. The largest absolute Gasteiger partial charge is 0.425 e. The number of aryl methyl sites for hydroxylation is 3. The predicted molar refractivity (Wildman–Crippen MR) is 133 cm³/mol. The van der Waals surface area contributed by atoms with Gasteiger partial charge in [0.05, 0.1) is 4.90 Å². The van der Waals surface area contributed by atoms with E-state index in [1.807, 2.05) is 13.2 Å². The highest BCUT2D eigenvalue weighted by atomic mass is 32.2. The van der Waals surface area contributed by atoms with Gasteiger partial charge < -0.3 is 9.15 Å². The highest BCUT2D eigenvalue weighted by molar-refractivity contribution is 7.98. The lowest BCUT2D eigenvalue weighted by molar-refractivity contribution is -0.136. The van der Waals surface area contributed by atoms with Gasteiger partial charge in [-0.05, 0) is 81.4 Å². The number of hydrogen-bond acceptors (Lipinski definition) is 7. The van der Waals surface area contributed by atoms with E-state index in [0.717, 1.165) is 34.9 Å². The Balaban J connectivity index is 1.61. The number of benzene rings is 2. The zero-order valence-electron chi connectivity index (χ0n) is 19.3. The Labute approximate surface area is 202 Å². The number of nitrogens with one attached hydrogen (secondary N) is 1. The number of thioether (sulfide) groups is 1. The molecule has 1 aliphatic rings. The Morgan fingerprint density at radius 1 is 1.12 bits per heavy atom. The fourth-order valence-electron chi connectivity index (χ4n) is 4.19. The summed E-state index contributed by atoms with van der Waals surface area (Å²) in [7, 11) is -3.92. The highest BCUT2D eigenvalue weighted by Crippen LogP contribution is 2.33. The number of carbonyl (C=O) groups excluding carboxylic acids is 1. The van der Waals surface area contributed by atoms with E-state index in [9.17, 15) is 18.0 Å². The molecule has 0 bridgehead atoms. The normalized spacial score (nSPS) is 14.2. The zero-order valence-corrected chi connectivity index (χ0v) is 21.0. The smallest absolute Gasteiger partial charge is 0.339 e. The van der Waals surface area contributed by atoms with E-state index in [-0.39, 0.29) is 22.7 Å². The van der Waals surface area contributed by atoms with Crippen molar-refractivity contribution in [1.82, 2.24) is 4.72 Å². The van der Waals surface area contributed by atoms with E-state index in [1.165, 1.54) is 23.9 Å². The van der Waals surface area contributed by atoms with Crippen LogP contribution in [0.4, 0.5) is 0 Å². The Hall–Kier alpha value is -2.62. The minimum absolute atomic E-state index is 0.0811. The summed E-state index contributed by atoms with van der Waals surface area (Å²) in [5.41, 5.74) is 3.23. The third-order valence-corrected chi connectivity index (χ3v) is 8.21. The number of hydrogen-bond donors (Lipinski definition) is 1. The van der Waals surface area contributed by atoms with Crippen LogP contribution in [0.15, 0.2) is 50.5 Å². The van der Waals surface area contributed by atoms with Crippen LogP contribution >= 0.6 is 11.8 Å². The van der Waals surface area contributed by atoms with E-state index in [4.69, 9.17) is 9.15 Å². The van der Waals surface area contributed by atoms with Gasteiger partial charge in [-0.25, -0.2) is 18.0 Å². The molecule has 1 N–H and O–H groups in total. The van der Waals surface area contributed by atoms with Gasteiger partial charge in [0.15, 0.2) is 0 Å². The minimum Gasteiger partial charge on any atom is -0.425 e. The van der Waals surface area contributed by atoms with Gasteiger partial charge in [0.1, 0.15) is 17.4 Å². The average molecular weight is 502 g/mol. The first-order valence-corrected chi connectivity index (χ1v) is 14.0. The first kappa shape index (κ1) is 24.5. The molecule has 9 heteroatoms. The van der Waals surface area contributed by atoms with Gasteiger partial charge in [-0.1, -0.05) is 17.7 Å². The van der Waals surface area contributed by atoms with Crippen molar-refractivity contribution in [3.8, 4) is 5.75 Å². The second kappa shape index (κ2) is 9.93. The van der Waals surface area contributed by atoms with Crippen molar-refractivity contribution in [1.29, 1.82) is 0 Å². The van der Waals surface area contributed by atoms with Gasteiger partial charge in [-0.15, -0.1) is 0 Å². The monoisotopic (exact) mass is 501 g/mol. The highest BCUT2D eigenvalue weighted by Gasteiger charge is 2.28. The minimum atomic E-state index is -3.92. The number of sulfonamides is 1. The summed E-state index contributed by atoms with van der Waals surface area (Å²) in [4.78, 5) is 25.6. The Morgan fingerprint density at radius 3 is 2.53 bits per heavy atom. The van der Waals surface area contributed by atoms with Crippen molar-refractivity contribution < 1.29 is 22.4 Å². The molecule has 0 spiro atoms. The van der Waals surface area contributed by atoms with E-state index in [0.29, 0.717) is 23.3 Å². The number of fused-ring (bicyclic) bond motifs is 3. The van der Waals surface area contributed by atoms with E-state index in [2.05, 4.69) is 4.72 Å². The topological polar surface area (TPSA) is 103 Å². The third kappa shape index (κ3) is 4.92. The summed E-state index contributed by atoms with van der Waals surface area (Å²) in [6, 6.07) is 8.81. The number of ether oxygens (including phenoxy) is 1. The Kier molecular flexibility index (Phi) is 7.16. The predicted octanol–water partition coefficient (Wildman–Crippen LogP) is 3.90. The molecule has 1 heterocycles. The molecule has 1 aromatic heterocycles. The van der Waals surface area contributed by atoms with Gasteiger partial charge >= 0.3 is 11.6 Å². The summed E-state index contributed by atoms with van der Waals surface area (Å²) in [5.74, 6) is 0.0893. The maximum Gasteiger partial charge on any atom is 0.339 e. The molecule has 4 rings (SSSR count). The van der Waals surface area contributed by atoms with Crippen molar-refractivity contribution in [3.05, 3.63) is 69.1 Å². The van der Waals surface area contributed by atoms with Gasteiger partial charge in [0.25, 0.3) is 0 Å². The van der Waals surface area contributed by atoms with Crippen LogP contribution < -0.4 is 15.1 Å². The molecule has 0 amide bonds. The molecule has 0 aliphatic heterocycles. The standard InChI is InChI=1S/C25H27NO6S2/c1-15-7-9-17(10-8-15)34(29,30)26-21(13-14-33-3)25(28)31-22-12-11-19-18-5-4-6-20(18)24(27)32-23(19)16(22)2/h7-12,21,26H,4-6,13-14H2,1-3H3. The van der Waals surface area contributed by atoms with Crippen LogP contribution in [0, 0.1) is 13.8 Å². The molecule has 0 radical (unpaired) electrons. The molecular weight excluding hydrogens is 474 g/mol. The van der Waals surface area contributed by atoms with Crippen molar-refractivity contribution in [2.24, 2.45) is 0 Å². The fourth-order valence-corrected chi connectivity index (χ4v) is 5.88. The molecule has 0 fully saturated rings. The fraction of sp³-hybridized carbons (Fsp3) is 0.360. The lowest BCUT2D eigenvalue weighted by Crippen LogP contribution is -2.43. The van der Waals surface area contributed by atoms with E-state index in [1.54, 1.807) is 31.2 Å². The molecule has 2 aromatic carbocycles. The molecule has 0 saturated heterocycles. The van der Waals surface area contributed by atoms with Crippen molar-refractivity contribution >= 4 is 38.7 Å². The Morgan fingerprint density at radius 2 is 1.82 bits per heavy atom. The van der Waals surface area contributed by atoms with Gasteiger partial charge in [0, 0.05) is 16.5 Å². The SMILES string of the molecule is CSCCC(NS(=O)(=O)c1ccc(C)cc1)C(=O)Oc1ccc2c3c(c(=O)oc2c1C)CCC3. The molecule has 0 saturated carbocycles. The number of rotatable bonds is 8. The maximum atomic E-state index is 13.1. The lowest BCUT2D eigenvalue weighted by atomic mass is 10.0. The molecule has 7 nitrogen and oxygen atoms in total. The van der Waals surface area contributed by atoms with Crippen molar-refractivity contribution in [2.45, 2.75) is 50.5 Å². The van der Waals surface area contributed by atoms with Gasteiger partial charge in [-0.2, -0.15) is 16.5 Å². The van der Waals surface area contributed by atoms with Gasteiger partial charge in [0.2, 0.25) is 10.0 Å². The van der Waals surface area contributed by atoms with Gasteiger partial charge in [-0.3, -0.25) is 0 Å². The van der Waals surface area contributed by atoms with Crippen LogP contribution in [0.1, 0.15) is 35.1 Å². The van der Waals surface area contributed by atoms with Crippen molar-refractivity contribution in [2.75, 3.05) is 12.0 Å². The number of carbonyl (C=O) groups is 1. The summed E-state index contributed by atoms with van der Waals surface area (Å²) >= 11 is 1.50. The van der Waals surface area contributed by atoms with E-state index < -0.39 is 22.0 Å². The molecule has 1 unspecified atom stereocenters. The first-order chi connectivity index (χ1) is 16.2. The summed E-state index contributed by atoms with van der Waals surface area (Å²) in [6.07, 6.45) is 4.58. The Bertz CT molecular complexity index is 1390. The molecule has 1 atom stereocenters. The molecule has 3 aromatic rings. The summed E-state index contributed by atoms with van der Waals surface area (Å²) < 4.78 is 39.5. The zero-order chi connectivity index (χ0) is 24.5. The van der Waals surface area contributed by atoms with Crippen LogP contribution in [0.5, 0.6) is 5.75 Å². The maximum absolute atomic E-state index is 13.1. The second-order valence-corrected chi connectivity index (χ2v) is 11.2. The third-order valence-electron chi connectivity index (χ3n) is 6.07. The van der Waals surface area contributed by atoms with Crippen LogP contribution in [0.25, 0.3) is 11.0 Å². The second-order valence-electron chi connectivity index (χ2n) is 8.46.